The zero-order valence-electron chi connectivity index (χ0n) is 9.36. The largest absolute Gasteiger partial charge is 0.490 e. The molecule has 0 bridgehead atoms. The van der Waals surface area contributed by atoms with Crippen LogP contribution in [-0.4, -0.2) is 31.2 Å². The van der Waals surface area contributed by atoms with Gasteiger partial charge in [-0.05, 0) is 30.3 Å². The molecule has 1 aliphatic heterocycles. The molecule has 0 saturated carbocycles. The molecule has 6 heteroatoms. The number of methoxy groups -OCH3 is 1. The molecule has 2 heterocycles. The second-order valence-electron chi connectivity index (χ2n) is 3.89. The zero-order chi connectivity index (χ0) is 11.4. The van der Waals surface area contributed by atoms with Crippen molar-refractivity contribution in [3.8, 4) is 5.75 Å². The minimum atomic E-state index is 0.454. The number of ether oxygens (including phenoxy) is 2. The van der Waals surface area contributed by atoms with Gasteiger partial charge < -0.3 is 20.5 Å². The van der Waals surface area contributed by atoms with Crippen molar-refractivity contribution in [3.05, 3.63) is 0 Å². The number of rotatable bonds is 4. The second kappa shape index (κ2) is 5.36. The van der Waals surface area contributed by atoms with Gasteiger partial charge in [-0.1, -0.05) is 0 Å². The first kappa shape index (κ1) is 11.5. The Bertz CT molecular complexity index is 337. The van der Waals surface area contributed by atoms with E-state index >= 15 is 0 Å². The van der Waals surface area contributed by atoms with Crippen LogP contribution in [0.15, 0.2) is 0 Å². The molecule has 0 aromatic carbocycles. The molecule has 2 rings (SSSR count). The van der Waals surface area contributed by atoms with E-state index in [9.17, 15) is 0 Å². The van der Waals surface area contributed by atoms with Crippen LogP contribution in [0.1, 0.15) is 12.8 Å². The molecule has 3 N–H and O–H groups in total. The van der Waals surface area contributed by atoms with Crippen LogP contribution in [0.25, 0.3) is 0 Å². The summed E-state index contributed by atoms with van der Waals surface area (Å²) in [6.45, 7) is 2.62. The van der Waals surface area contributed by atoms with Gasteiger partial charge in [-0.25, -0.2) is 0 Å². The highest BCUT2D eigenvalue weighted by Gasteiger charge is 2.16. The Morgan fingerprint density at radius 1 is 1.69 bits per heavy atom. The molecule has 0 aliphatic carbocycles. The van der Waals surface area contributed by atoms with Gasteiger partial charge in [0.15, 0.2) is 16.6 Å². The van der Waals surface area contributed by atoms with Gasteiger partial charge in [-0.2, -0.15) is 4.37 Å². The van der Waals surface area contributed by atoms with Gasteiger partial charge in [0.1, 0.15) is 0 Å². The first-order valence-corrected chi connectivity index (χ1v) is 6.19. The Morgan fingerprint density at radius 2 is 2.56 bits per heavy atom. The van der Waals surface area contributed by atoms with Crippen molar-refractivity contribution >= 4 is 22.4 Å². The summed E-state index contributed by atoms with van der Waals surface area (Å²) in [6.07, 6.45) is 2.36. The summed E-state index contributed by atoms with van der Waals surface area (Å²) in [5.74, 6) is 1.68. The predicted molar refractivity (Wildman–Crippen MR) is 65.1 cm³/mol. The third-order valence-electron chi connectivity index (χ3n) is 2.68. The highest BCUT2D eigenvalue weighted by atomic mass is 32.1. The third-order valence-corrected chi connectivity index (χ3v) is 3.48. The maximum absolute atomic E-state index is 5.67. The topological polar surface area (TPSA) is 69.4 Å². The fraction of sp³-hybridized carbons (Fsp3) is 0.700. The third kappa shape index (κ3) is 2.56. The van der Waals surface area contributed by atoms with Crippen molar-refractivity contribution < 1.29 is 9.47 Å². The monoisotopic (exact) mass is 243 g/mol. The molecule has 1 saturated heterocycles. The van der Waals surface area contributed by atoms with Crippen molar-refractivity contribution in [3.63, 3.8) is 0 Å². The molecule has 5 nitrogen and oxygen atoms in total. The highest BCUT2D eigenvalue weighted by Crippen LogP contribution is 2.34. The number of anilines is 2. The molecule has 1 aromatic heterocycles. The van der Waals surface area contributed by atoms with Crippen molar-refractivity contribution in [2.75, 3.05) is 37.9 Å². The minimum Gasteiger partial charge on any atom is -0.490 e. The Kier molecular flexibility index (Phi) is 3.84. The summed E-state index contributed by atoms with van der Waals surface area (Å²) >= 11 is 1.34. The first-order valence-electron chi connectivity index (χ1n) is 5.42. The smallest absolute Gasteiger partial charge is 0.197 e. The zero-order valence-corrected chi connectivity index (χ0v) is 10.2. The lowest BCUT2D eigenvalue weighted by Gasteiger charge is -2.22. The lowest BCUT2D eigenvalue weighted by Crippen LogP contribution is -2.24. The van der Waals surface area contributed by atoms with Gasteiger partial charge in [0.2, 0.25) is 0 Å². The van der Waals surface area contributed by atoms with Crippen molar-refractivity contribution in [1.82, 2.24) is 4.37 Å². The maximum atomic E-state index is 5.67. The first-order chi connectivity index (χ1) is 7.81. The van der Waals surface area contributed by atoms with Gasteiger partial charge in [-0.3, -0.25) is 0 Å². The minimum absolute atomic E-state index is 0.454. The summed E-state index contributed by atoms with van der Waals surface area (Å²) in [5.41, 5.74) is 5.67. The van der Waals surface area contributed by atoms with Gasteiger partial charge in [0.05, 0.1) is 13.7 Å². The molecular formula is C10H17N3O2S. The Balaban J connectivity index is 1.88. The van der Waals surface area contributed by atoms with Crippen LogP contribution in [0.3, 0.4) is 0 Å². The number of hydrogen-bond acceptors (Lipinski definition) is 6. The highest BCUT2D eigenvalue weighted by molar-refractivity contribution is 7.11. The molecule has 0 amide bonds. The van der Waals surface area contributed by atoms with E-state index in [1.165, 1.54) is 18.0 Å². The maximum Gasteiger partial charge on any atom is 0.197 e. The number of nitrogens with zero attached hydrogens (tertiary/aromatic N) is 1. The predicted octanol–water partition coefficient (Wildman–Crippen LogP) is 1.57. The number of aromatic nitrogens is 1. The van der Waals surface area contributed by atoms with Gasteiger partial charge >= 0.3 is 0 Å². The van der Waals surface area contributed by atoms with E-state index in [0.717, 1.165) is 31.2 Å². The molecule has 0 radical (unpaired) electrons. The summed E-state index contributed by atoms with van der Waals surface area (Å²) in [6, 6.07) is 0. The molecule has 1 unspecified atom stereocenters. The molecule has 1 atom stereocenters. The average Bonchev–Trinajstić information content (AvgIpc) is 2.68. The molecular weight excluding hydrogens is 226 g/mol. The van der Waals surface area contributed by atoms with Crippen LogP contribution in [0, 0.1) is 5.92 Å². The molecule has 1 aromatic rings. The number of nitrogens with one attached hydrogen (secondary N) is 1. The second-order valence-corrected chi connectivity index (χ2v) is 4.67. The normalized spacial score (nSPS) is 20.7. The number of hydrogen-bond donors (Lipinski definition) is 2. The molecule has 16 heavy (non-hydrogen) atoms. The lowest BCUT2D eigenvalue weighted by molar-refractivity contribution is 0.0595. The standard InChI is InChI=1S/C10H17N3O2S/c1-14-8-9(11)13-16-10(8)12-5-7-3-2-4-15-6-7/h7,12H,2-6H2,1H3,(H2,11,13). The molecule has 1 aliphatic rings. The van der Waals surface area contributed by atoms with E-state index < -0.39 is 0 Å². The van der Waals surface area contributed by atoms with Gasteiger partial charge in [-0.15, -0.1) is 0 Å². The van der Waals surface area contributed by atoms with Gasteiger partial charge in [0.25, 0.3) is 0 Å². The van der Waals surface area contributed by atoms with Crippen LogP contribution in [0.2, 0.25) is 0 Å². The lowest BCUT2D eigenvalue weighted by atomic mass is 10.0. The molecule has 90 valence electrons. The summed E-state index contributed by atoms with van der Waals surface area (Å²) in [4.78, 5) is 0. The van der Waals surface area contributed by atoms with E-state index in [0.29, 0.717) is 17.5 Å². The fourth-order valence-electron chi connectivity index (χ4n) is 1.81. The number of nitrogens with two attached hydrogens (primary N) is 1. The Hall–Kier alpha value is -1.01. The molecule has 0 spiro atoms. The quantitative estimate of drug-likeness (QED) is 0.840. The SMILES string of the molecule is COc1c(N)nsc1NCC1CCCOC1. The van der Waals surface area contributed by atoms with Crippen molar-refractivity contribution in [1.29, 1.82) is 0 Å². The number of nitrogen functional groups attached to an aromatic ring is 1. The van der Waals surface area contributed by atoms with E-state index in [2.05, 4.69) is 9.69 Å². The Morgan fingerprint density at radius 3 is 3.25 bits per heavy atom. The van der Waals surface area contributed by atoms with Gasteiger partial charge in [0, 0.05) is 13.2 Å². The summed E-state index contributed by atoms with van der Waals surface area (Å²) in [7, 11) is 1.61. The van der Waals surface area contributed by atoms with E-state index in [4.69, 9.17) is 15.2 Å². The molecule has 1 fully saturated rings. The van der Waals surface area contributed by atoms with Crippen LogP contribution in [0.5, 0.6) is 5.75 Å². The van der Waals surface area contributed by atoms with Crippen LogP contribution >= 0.6 is 11.5 Å². The Labute approximate surface area is 99.1 Å². The van der Waals surface area contributed by atoms with E-state index in [1.54, 1.807) is 7.11 Å². The van der Waals surface area contributed by atoms with Crippen LogP contribution in [0.4, 0.5) is 10.8 Å². The van der Waals surface area contributed by atoms with Crippen LogP contribution < -0.4 is 15.8 Å². The van der Waals surface area contributed by atoms with Crippen molar-refractivity contribution in [2.24, 2.45) is 5.92 Å². The van der Waals surface area contributed by atoms with Crippen LogP contribution in [-0.2, 0) is 4.74 Å². The summed E-state index contributed by atoms with van der Waals surface area (Å²) in [5, 5.41) is 4.23. The van der Waals surface area contributed by atoms with E-state index in [1.807, 2.05) is 0 Å². The van der Waals surface area contributed by atoms with E-state index in [-0.39, 0.29) is 0 Å². The summed E-state index contributed by atoms with van der Waals surface area (Å²) < 4.78 is 14.7. The van der Waals surface area contributed by atoms with Crippen molar-refractivity contribution in [2.45, 2.75) is 12.8 Å². The average molecular weight is 243 g/mol. The fourth-order valence-corrected chi connectivity index (χ4v) is 2.50.